The van der Waals surface area contributed by atoms with Crippen LogP contribution in [0.1, 0.15) is 61.4 Å². The minimum Gasteiger partial charge on any atom is -0.339 e. The van der Waals surface area contributed by atoms with Gasteiger partial charge in [0.05, 0.1) is 4.90 Å². The van der Waals surface area contributed by atoms with Gasteiger partial charge in [0.1, 0.15) is 0 Å². The van der Waals surface area contributed by atoms with Crippen molar-refractivity contribution in [3.8, 4) is 0 Å². The molecule has 0 radical (unpaired) electrons. The van der Waals surface area contributed by atoms with E-state index in [1.165, 1.54) is 6.07 Å². The van der Waals surface area contributed by atoms with Gasteiger partial charge >= 0.3 is 0 Å². The van der Waals surface area contributed by atoms with Gasteiger partial charge in [0.2, 0.25) is 10.0 Å². The number of aryl methyl sites for hydroxylation is 1. The Labute approximate surface area is 162 Å². The average molecular weight is 394 g/mol. The third-order valence-corrected chi connectivity index (χ3v) is 7.63. The fourth-order valence-electron chi connectivity index (χ4n) is 4.16. The molecule has 2 fully saturated rings. The van der Waals surface area contributed by atoms with Gasteiger partial charge < -0.3 is 10.6 Å². The van der Waals surface area contributed by atoms with Crippen LogP contribution < -0.4 is 10.5 Å². The van der Waals surface area contributed by atoms with Gasteiger partial charge in [-0.15, -0.1) is 0 Å². The molecule has 150 valence electrons. The van der Waals surface area contributed by atoms with E-state index < -0.39 is 10.0 Å². The molecule has 3 N–H and O–H groups in total. The number of carbonyl (C=O) groups is 1. The lowest BCUT2D eigenvalue weighted by atomic mass is 9.90. The number of benzene rings is 1. The number of nitrogens with two attached hydrogens (primary N) is 1. The lowest BCUT2D eigenvalue weighted by Crippen LogP contribution is -2.42. The Bertz CT molecular complexity index is 778. The Morgan fingerprint density at radius 3 is 2.41 bits per heavy atom. The first-order valence-electron chi connectivity index (χ1n) is 9.96. The quantitative estimate of drug-likeness (QED) is 0.803. The van der Waals surface area contributed by atoms with Crippen molar-refractivity contribution in [2.24, 2.45) is 11.7 Å². The van der Waals surface area contributed by atoms with Crippen molar-refractivity contribution < 1.29 is 13.2 Å². The normalized spacial score (nSPS) is 20.8. The van der Waals surface area contributed by atoms with E-state index in [4.69, 9.17) is 5.73 Å². The van der Waals surface area contributed by atoms with Crippen LogP contribution >= 0.6 is 0 Å². The number of rotatable bonds is 5. The second-order valence-electron chi connectivity index (χ2n) is 8.07. The van der Waals surface area contributed by atoms with Crippen LogP contribution in [0.5, 0.6) is 0 Å². The maximum absolute atomic E-state index is 12.9. The summed E-state index contributed by atoms with van der Waals surface area (Å²) in [5.74, 6) is 0.342. The first-order valence-corrected chi connectivity index (χ1v) is 11.4. The van der Waals surface area contributed by atoms with Gasteiger partial charge in [-0.2, -0.15) is 0 Å². The van der Waals surface area contributed by atoms with Crippen molar-refractivity contribution >= 4 is 15.9 Å². The summed E-state index contributed by atoms with van der Waals surface area (Å²) in [6, 6.07) is 5.13. The molecule has 0 aromatic heterocycles. The monoisotopic (exact) mass is 393 g/mol. The average Bonchev–Trinajstić information content (AvgIpc) is 3.13. The number of hydrogen-bond donors (Lipinski definition) is 2. The van der Waals surface area contributed by atoms with Gasteiger partial charge in [0, 0.05) is 30.7 Å². The van der Waals surface area contributed by atoms with Crippen LogP contribution in [0.2, 0.25) is 0 Å². The number of amides is 1. The lowest BCUT2D eigenvalue weighted by molar-refractivity contribution is 0.0680. The minimum absolute atomic E-state index is 0.00559. The van der Waals surface area contributed by atoms with Crippen LogP contribution in [-0.4, -0.2) is 44.4 Å². The topological polar surface area (TPSA) is 92.5 Å². The van der Waals surface area contributed by atoms with E-state index in [9.17, 15) is 13.2 Å². The molecule has 7 heteroatoms. The van der Waals surface area contributed by atoms with Crippen molar-refractivity contribution in [1.29, 1.82) is 0 Å². The first kappa shape index (κ1) is 20.3. The molecule has 27 heavy (non-hydrogen) atoms. The van der Waals surface area contributed by atoms with E-state index in [1.807, 2.05) is 11.8 Å². The fraction of sp³-hybridized carbons (Fsp3) is 0.650. The standard InChI is InChI=1S/C20H31N3O3S/c1-14-7-8-17(20(24)23-11-9-16(10-12-23)15(2)21)13-19(14)27(25,26)22-18-5-3-4-6-18/h7-8,13,15-16,18,22H,3-6,9-12,21H2,1-2H3. The fourth-order valence-corrected chi connectivity index (χ4v) is 5.74. The summed E-state index contributed by atoms with van der Waals surface area (Å²) in [6.07, 6.45) is 5.66. The van der Waals surface area contributed by atoms with Crippen LogP contribution in [0, 0.1) is 12.8 Å². The molecule has 1 heterocycles. The molecule has 1 atom stereocenters. The number of likely N-dealkylation sites (tertiary alicyclic amines) is 1. The zero-order valence-electron chi connectivity index (χ0n) is 16.3. The molecule has 6 nitrogen and oxygen atoms in total. The highest BCUT2D eigenvalue weighted by Gasteiger charge is 2.28. The molecule has 1 saturated carbocycles. The predicted molar refractivity (Wildman–Crippen MR) is 106 cm³/mol. The van der Waals surface area contributed by atoms with E-state index in [-0.39, 0.29) is 22.9 Å². The summed E-state index contributed by atoms with van der Waals surface area (Å²) in [5.41, 5.74) is 7.07. The number of carbonyl (C=O) groups excluding carboxylic acids is 1. The van der Waals surface area contributed by atoms with Crippen molar-refractivity contribution in [3.05, 3.63) is 29.3 Å². The Morgan fingerprint density at radius 1 is 1.19 bits per heavy atom. The van der Waals surface area contributed by atoms with Gasteiger partial charge in [-0.3, -0.25) is 4.79 Å². The Kier molecular flexibility index (Phi) is 6.23. The van der Waals surface area contributed by atoms with Crippen LogP contribution in [0.15, 0.2) is 23.1 Å². The molecular weight excluding hydrogens is 362 g/mol. The Balaban J connectivity index is 1.75. The van der Waals surface area contributed by atoms with Crippen molar-refractivity contribution in [1.82, 2.24) is 9.62 Å². The van der Waals surface area contributed by atoms with Crippen molar-refractivity contribution in [3.63, 3.8) is 0 Å². The van der Waals surface area contributed by atoms with Crippen LogP contribution in [0.25, 0.3) is 0 Å². The summed E-state index contributed by atoms with van der Waals surface area (Å²) in [6.45, 7) is 5.12. The lowest BCUT2D eigenvalue weighted by Gasteiger charge is -2.33. The Morgan fingerprint density at radius 2 is 1.81 bits per heavy atom. The van der Waals surface area contributed by atoms with Gasteiger partial charge in [-0.25, -0.2) is 13.1 Å². The molecule has 3 rings (SSSR count). The predicted octanol–water partition coefficient (Wildman–Crippen LogP) is 2.42. The third kappa shape index (κ3) is 4.70. The number of nitrogens with one attached hydrogen (secondary N) is 1. The Hall–Kier alpha value is -1.44. The smallest absolute Gasteiger partial charge is 0.253 e. The van der Waals surface area contributed by atoms with E-state index in [2.05, 4.69) is 4.72 Å². The molecule has 1 unspecified atom stereocenters. The number of piperidine rings is 1. The number of nitrogens with zero attached hydrogens (tertiary/aromatic N) is 1. The molecule has 1 aliphatic carbocycles. The van der Waals surface area contributed by atoms with Crippen LogP contribution in [0.4, 0.5) is 0 Å². The molecule has 0 spiro atoms. The zero-order chi connectivity index (χ0) is 19.6. The highest BCUT2D eigenvalue weighted by molar-refractivity contribution is 7.89. The van der Waals surface area contributed by atoms with Crippen molar-refractivity contribution in [2.75, 3.05) is 13.1 Å². The molecule has 1 aromatic carbocycles. The second-order valence-corrected chi connectivity index (χ2v) is 9.75. The number of hydrogen-bond acceptors (Lipinski definition) is 4. The summed E-state index contributed by atoms with van der Waals surface area (Å²) < 4.78 is 28.5. The highest BCUT2D eigenvalue weighted by Crippen LogP contribution is 2.25. The first-order chi connectivity index (χ1) is 12.8. The summed E-state index contributed by atoms with van der Waals surface area (Å²) >= 11 is 0. The van der Waals surface area contributed by atoms with Gasteiger partial charge in [-0.05, 0) is 63.1 Å². The minimum atomic E-state index is -3.62. The van der Waals surface area contributed by atoms with E-state index in [0.717, 1.165) is 38.5 Å². The maximum Gasteiger partial charge on any atom is 0.253 e. The molecule has 1 saturated heterocycles. The van der Waals surface area contributed by atoms with E-state index in [0.29, 0.717) is 30.1 Å². The maximum atomic E-state index is 12.9. The van der Waals surface area contributed by atoms with Crippen LogP contribution in [-0.2, 0) is 10.0 Å². The SMILES string of the molecule is Cc1ccc(C(=O)N2CCC(C(C)N)CC2)cc1S(=O)(=O)NC1CCCC1. The molecule has 0 bridgehead atoms. The zero-order valence-corrected chi connectivity index (χ0v) is 17.1. The van der Waals surface area contributed by atoms with Crippen molar-refractivity contribution in [2.45, 2.75) is 69.4 Å². The van der Waals surface area contributed by atoms with Gasteiger partial charge in [-0.1, -0.05) is 18.9 Å². The molecule has 1 amide bonds. The van der Waals surface area contributed by atoms with E-state index in [1.54, 1.807) is 19.1 Å². The molecule has 1 aromatic rings. The van der Waals surface area contributed by atoms with Gasteiger partial charge in [0.25, 0.3) is 5.91 Å². The summed E-state index contributed by atoms with van der Waals surface area (Å²) in [5, 5.41) is 0. The largest absolute Gasteiger partial charge is 0.339 e. The van der Waals surface area contributed by atoms with Gasteiger partial charge in [0.15, 0.2) is 0 Å². The van der Waals surface area contributed by atoms with Crippen LogP contribution in [0.3, 0.4) is 0 Å². The highest BCUT2D eigenvalue weighted by atomic mass is 32.2. The second kappa shape index (κ2) is 8.29. The summed E-state index contributed by atoms with van der Waals surface area (Å²) in [4.78, 5) is 14.9. The molecule has 2 aliphatic rings. The van der Waals surface area contributed by atoms with E-state index >= 15 is 0 Å². The molecular formula is C20H31N3O3S. The summed E-state index contributed by atoms with van der Waals surface area (Å²) in [7, 11) is -3.62. The number of sulfonamides is 1. The molecule has 1 aliphatic heterocycles. The third-order valence-electron chi connectivity index (χ3n) is 5.97.